The molecular weight excluding hydrogens is 942 g/mol. The van der Waals surface area contributed by atoms with Gasteiger partial charge in [0.25, 0.3) is 5.91 Å². The second-order valence-electron chi connectivity index (χ2n) is 17.0. The zero-order valence-electron chi connectivity index (χ0n) is 41.8. The summed E-state index contributed by atoms with van der Waals surface area (Å²) in [6, 6.07) is 6.13. The largest absolute Gasteiger partial charge is 0.460 e. The Morgan fingerprint density at radius 1 is 0.671 bits per heavy atom. The molecule has 1 amide bonds. The molecule has 398 valence electrons. The van der Waals surface area contributed by atoms with Crippen LogP contribution >= 0.6 is 11.3 Å². The lowest BCUT2D eigenvalue weighted by atomic mass is 10.0. The fraction of sp³-hybridized carbons (Fsp3) is 0.694. The fourth-order valence-electron chi connectivity index (χ4n) is 6.54. The fourth-order valence-corrected chi connectivity index (χ4v) is 7.33. The molecule has 0 bridgehead atoms. The van der Waals surface area contributed by atoms with E-state index in [9.17, 15) is 22.8 Å². The number of esters is 1. The van der Waals surface area contributed by atoms with Gasteiger partial charge in [-0.2, -0.15) is 13.2 Å². The Balaban J connectivity index is 1.10. The second kappa shape index (κ2) is 35.5. The van der Waals surface area contributed by atoms with Crippen molar-refractivity contribution in [2.75, 3.05) is 152 Å². The van der Waals surface area contributed by atoms with E-state index in [0.717, 1.165) is 10.9 Å². The van der Waals surface area contributed by atoms with Gasteiger partial charge in [-0.05, 0) is 69.0 Å². The number of halogens is 3. The second-order valence-corrected chi connectivity index (χ2v) is 18.0. The quantitative estimate of drug-likeness (QED) is 0.0579. The minimum atomic E-state index is -4.57. The Hall–Kier alpha value is -3.58. The van der Waals surface area contributed by atoms with Crippen LogP contribution in [0.3, 0.4) is 0 Å². The number of nitrogens with zero attached hydrogens (tertiary/aromatic N) is 3. The van der Waals surface area contributed by atoms with E-state index < -0.39 is 17.3 Å². The molecule has 1 aromatic carbocycles. The highest BCUT2D eigenvalue weighted by molar-refractivity contribution is 7.11. The number of carbonyl (C=O) groups is 2. The van der Waals surface area contributed by atoms with Crippen LogP contribution in [0.1, 0.15) is 68.5 Å². The Morgan fingerprint density at radius 2 is 1.14 bits per heavy atom. The van der Waals surface area contributed by atoms with Crippen LogP contribution in [-0.4, -0.2) is 185 Å². The van der Waals surface area contributed by atoms with Crippen molar-refractivity contribution in [3.05, 3.63) is 56.8 Å². The number of fused-ring (bicyclic) bond motifs is 1. The van der Waals surface area contributed by atoms with Crippen LogP contribution in [-0.2, 0) is 81.0 Å². The molecule has 0 aliphatic carbocycles. The number of ether oxygens (including phenoxy) is 11. The highest BCUT2D eigenvalue weighted by atomic mass is 32.1. The summed E-state index contributed by atoms with van der Waals surface area (Å²) in [4.78, 5) is 33.8. The topological polar surface area (TPSA) is 181 Å². The number of nitrogens with two attached hydrogens (primary N) is 1. The van der Waals surface area contributed by atoms with Gasteiger partial charge >= 0.3 is 12.1 Å². The number of thiophene rings is 1. The average molecular weight is 1020 g/mol. The number of hydrogen-bond donors (Lipinski definition) is 1. The predicted octanol–water partition coefficient (Wildman–Crippen LogP) is 6.31. The van der Waals surface area contributed by atoms with E-state index in [-0.39, 0.29) is 43.4 Å². The first-order valence-electron chi connectivity index (χ1n) is 23.9. The van der Waals surface area contributed by atoms with Gasteiger partial charge < -0.3 is 62.7 Å². The molecular formula is C49H77F3N4O13S. The molecule has 0 atom stereocenters. The van der Waals surface area contributed by atoms with E-state index in [2.05, 4.69) is 4.99 Å². The maximum absolute atomic E-state index is 14.3. The summed E-state index contributed by atoms with van der Waals surface area (Å²) in [6.07, 6.45) is -1.78. The van der Waals surface area contributed by atoms with E-state index in [0.29, 0.717) is 174 Å². The lowest BCUT2D eigenvalue weighted by molar-refractivity contribution is -0.156. The molecule has 3 rings (SSSR count). The minimum absolute atomic E-state index is 0.0292. The van der Waals surface area contributed by atoms with Gasteiger partial charge in [-0.25, -0.2) is 4.99 Å². The number of amides is 1. The van der Waals surface area contributed by atoms with Crippen molar-refractivity contribution in [2.24, 2.45) is 10.7 Å². The van der Waals surface area contributed by atoms with Crippen molar-refractivity contribution >= 4 is 40.8 Å². The van der Waals surface area contributed by atoms with Gasteiger partial charge in [-0.15, -0.1) is 11.3 Å². The van der Waals surface area contributed by atoms with Crippen molar-refractivity contribution in [3.63, 3.8) is 0 Å². The molecule has 0 fully saturated rings. The summed E-state index contributed by atoms with van der Waals surface area (Å²) in [6.45, 7) is 16.5. The van der Waals surface area contributed by atoms with Crippen LogP contribution in [0.2, 0.25) is 0 Å². The molecule has 1 aromatic heterocycles. The summed E-state index contributed by atoms with van der Waals surface area (Å²) in [5.74, 6) is -0.240. The first-order chi connectivity index (χ1) is 33.7. The van der Waals surface area contributed by atoms with Gasteiger partial charge in [0.2, 0.25) is 0 Å². The summed E-state index contributed by atoms with van der Waals surface area (Å²) in [5, 5.41) is 1.87. The standard InChI is InChI=1S/C49H77F3N4O13S/c1-6-11-56(47(58)41-35-44-43(10-33-70-44)54-45(53)36-41)37-39-7-8-40(42(34-39)49(50,51)52)38-55(5)12-14-60-16-18-62-20-22-64-24-26-66-28-30-68-32-31-67-29-27-65-25-23-63-21-19-61-17-15-59-13-9-46(57)69-48(2,3)4/h7-8,10,33-35H,6,9,11-32,36-38H2,1-5H3,(H2,53,54). The van der Waals surface area contributed by atoms with Gasteiger partial charge in [0, 0.05) is 38.2 Å². The van der Waals surface area contributed by atoms with Crippen LogP contribution in [0.4, 0.5) is 18.9 Å². The van der Waals surface area contributed by atoms with Crippen LogP contribution in [0.25, 0.3) is 6.08 Å². The molecule has 0 saturated carbocycles. The molecule has 17 nitrogen and oxygen atoms in total. The number of benzene rings is 1. The Labute approximate surface area is 415 Å². The zero-order chi connectivity index (χ0) is 50.9. The van der Waals surface area contributed by atoms with Crippen molar-refractivity contribution in [1.82, 2.24) is 9.80 Å². The molecule has 1 aliphatic rings. The van der Waals surface area contributed by atoms with Crippen LogP contribution < -0.4 is 5.73 Å². The van der Waals surface area contributed by atoms with E-state index >= 15 is 0 Å². The number of amidine groups is 1. The summed E-state index contributed by atoms with van der Waals surface area (Å²) >= 11 is 1.45. The molecule has 0 unspecified atom stereocenters. The van der Waals surface area contributed by atoms with Crippen molar-refractivity contribution in [2.45, 2.75) is 71.8 Å². The third-order valence-corrected chi connectivity index (χ3v) is 10.7. The van der Waals surface area contributed by atoms with E-state index in [1.165, 1.54) is 17.4 Å². The van der Waals surface area contributed by atoms with Crippen molar-refractivity contribution in [3.8, 4) is 0 Å². The van der Waals surface area contributed by atoms with Crippen LogP contribution in [0, 0.1) is 0 Å². The van der Waals surface area contributed by atoms with Gasteiger partial charge in [0.1, 0.15) is 11.4 Å². The van der Waals surface area contributed by atoms with Gasteiger partial charge in [0.15, 0.2) is 0 Å². The smallest absolute Gasteiger partial charge is 0.416 e. The normalized spacial score (nSPS) is 13.0. The van der Waals surface area contributed by atoms with Crippen molar-refractivity contribution in [1.29, 1.82) is 0 Å². The molecule has 0 radical (unpaired) electrons. The number of likely N-dealkylation sites (N-methyl/N-ethyl adjacent to an activating group) is 1. The number of alkyl halides is 3. The SMILES string of the molecule is CCCN(Cc1ccc(CN(C)CCOCCOCCOCCOCCOCCOCCOCCOCCOCCOCCC(=O)OC(C)(C)C)c(C(F)(F)F)c1)C(=O)C1=Cc2sccc2N=C(N)C1. The minimum Gasteiger partial charge on any atom is -0.460 e. The van der Waals surface area contributed by atoms with Gasteiger partial charge in [0.05, 0.1) is 155 Å². The Bertz CT molecular complexity index is 1810. The highest BCUT2D eigenvalue weighted by Gasteiger charge is 2.34. The van der Waals surface area contributed by atoms with Crippen LogP contribution in [0.15, 0.2) is 40.2 Å². The van der Waals surface area contributed by atoms with Crippen LogP contribution in [0.5, 0.6) is 0 Å². The first kappa shape index (κ1) is 60.7. The van der Waals surface area contributed by atoms with E-state index in [1.807, 2.05) is 39.1 Å². The number of aliphatic imine (C=N–C) groups is 1. The lowest BCUT2D eigenvalue weighted by Crippen LogP contribution is -2.33. The van der Waals surface area contributed by atoms with Gasteiger partial charge in [-0.1, -0.05) is 19.1 Å². The molecule has 0 spiro atoms. The summed E-state index contributed by atoms with van der Waals surface area (Å²) in [5.41, 5.74) is 6.57. The van der Waals surface area contributed by atoms with Gasteiger partial charge in [-0.3, -0.25) is 14.5 Å². The maximum atomic E-state index is 14.3. The third-order valence-electron chi connectivity index (χ3n) is 9.80. The van der Waals surface area contributed by atoms with Crippen molar-refractivity contribution < 1.29 is 74.9 Å². The monoisotopic (exact) mass is 1020 g/mol. The molecule has 0 saturated heterocycles. The number of carbonyl (C=O) groups excluding carboxylic acids is 2. The predicted molar refractivity (Wildman–Crippen MR) is 260 cm³/mol. The molecule has 2 N–H and O–H groups in total. The third kappa shape index (κ3) is 27.9. The Kier molecular flexibility index (Phi) is 30.8. The van der Waals surface area contributed by atoms with E-state index in [1.54, 1.807) is 29.0 Å². The number of hydrogen-bond acceptors (Lipinski definition) is 17. The highest BCUT2D eigenvalue weighted by Crippen LogP contribution is 2.35. The first-order valence-corrected chi connectivity index (χ1v) is 24.8. The summed E-state index contributed by atoms with van der Waals surface area (Å²) < 4.78 is 103. The van der Waals surface area contributed by atoms with E-state index in [4.69, 9.17) is 57.8 Å². The molecule has 2 aromatic rings. The zero-order valence-corrected chi connectivity index (χ0v) is 42.6. The molecule has 1 aliphatic heterocycles. The summed E-state index contributed by atoms with van der Waals surface area (Å²) in [7, 11) is 1.74. The molecule has 70 heavy (non-hydrogen) atoms. The molecule has 21 heteroatoms. The Morgan fingerprint density at radius 3 is 1.60 bits per heavy atom. The maximum Gasteiger partial charge on any atom is 0.416 e. The number of rotatable bonds is 40. The lowest BCUT2D eigenvalue weighted by Gasteiger charge is -2.25. The average Bonchev–Trinajstić information content (AvgIpc) is 3.66. The molecule has 2 heterocycles.